The van der Waals surface area contributed by atoms with E-state index in [-0.39, 0.29) is 5.56 Å². The molecule has 0 radical (unpaired) electrons. The molecule has 0 amide bonds. The van der Waals surface area contributed by atoms with Crippen LogP contribution in [-0.2, 0) is 6.42 Å². The minimum absolute atomic E-state index is 0.144. The monoisotopic (exact) mass is 201 g/mol. The first kappa shape index (κ1) is 9.45. The summed E-state index contributed by atoms with van der Waals surface area (Å²) in [6, 6.07) is 8.92. The van der Waals surface area contributed by atoms with Crippen LogP contribution >= 0.6 is 0 Å². The molecule has 1 heterocycles. The van der Waals surface area contributed by atoms with Crippen molar-refractivity contribution in [1.29, 1.82) is 0 Å². The summed E-state index contributed by atoms with van der Waals surface area (Å²) in [6.45, 7) is 0. The standard InChI is InChI=1S/C11H11N3O/c12-9-4-2-1-3-8(9)7-10-13-6-5-11(15)14-10/h1-6H,7,12H2,(H,13,14,15). The van der Waals surface area contributed by atoms with E-state index in [1.165, 1.54) is 12.3 Å². The number of nitrogens with two attached hydrogens (primary N) is 1. The fourth-order valence-corrected chi connectivity index (χ4v) is 1.38. The fourth-order valence-electron chi connectivity index (χ4n) is 1.38. The zero-order valence-corrected chi connectivity index (χ0v) is 8.10. The Morgan fingerprint density at radius 1 is 1.27 bits per heavy atom. The molecular weight excluding hydrogens is 190 g/mol. The van der Waals surface area contributed by atoms with Gasteiger partial charge in [0.15, 0.2) is 0 Å². The van der Waals surface area contributed by atoms with E-state index in [2.05, 4.69) is 9.97 Å². The van der Waals surface area contributed by atoms with Gasteiger partial charge >= 0.3 is 0 Å². The van der Waals surface area contributed by atoms with Crippen LogP contribution in [0.25, 0.3) is 0 Å². The van der Waals surface area contributed by atoms with Gasteiger partial charge in [0.05, 0.1) is 0 Å². The molecule has 0 atom stereocenters. The van der Waals surface area contributed by atoms with Crippen molar-refractivity contribution in [3.63, 3.8) is 0 Å². The van der Waals surface area contributed by atoms with Crippen LogP contribution < -0.4 is 11.3 Å². The van der Waals surface area contributed by atoms with Crippen molar-refractivity contribution in [2.45, 2.75) is 6.42 Å². The van der Waals surface area contributed by atoms with Gasteiger partial charge in [-0.1, -0.05) is 18.2 Å². The average Bonchev–Trinajstić information content (AvgIpc) is 2.22. The quantitative estimate of drug-likeness (QED) is 0.710. The van der Waals surface area contributed by atoms with Crippen LogP contribution in [0.5, 0.6) is 0 Å². The lowest BCUT2D eigenvalue weighted by Crippen LogP contribution is -2.09. The Hall–Kier alpha value is -2.10. The predicted molar refractivity (Wildman–Crippen MR) is 58.5 cm³/mol. The van der Waals surface area contributed by atoms with Crippen molar-refractivity contribution >= 4 is 5.69 Å². The van der Waals surface area contributed by atoms with Gasteiger partial charge in [0.1, 0.15) is 5.82 Å². The van der Waals surface area contributed by atoms with E-state index in [0.29, 0.717) is 17.9 Å². The maximum atomic E-state index is 11.0. The summed E-state index contributed by atoms with van der Waals surface area (Å²) < 4.78 is 0. The normalized spacial score (nSPS) is 10.1. The van der Waals surface area contributed by atoms with E-state index in [4.69, 9.17) is 5.73 Å². The molecule has 1 aromatic heterocycles. The lowest BCUT2D eigenvalue weighted by molar-refractivity contribution is 0.947. The molecular formula is C11H11N3O. The van der Waals surface area contributed by atoms with Crippen LogP contribution in [0, 0.1) is 0 Å². The molecule has 0 aliphatic carbocycles. The highest BCUT2D eigenvalue weighted by Crippen LogP contribution is 2.12. The number of para-hydroxylation sites is 1. The number of nitrogens with one attached hydrogen (secondary N) is 1. The number of rotatable bonds is 2. The molecule has 4 heteroatoms. The zero-order valence-electron chi connectivity index (χ0n) is 8.10. The van der Waals surface area contributed by atoms with Gasteiger partial charge in [0, 0.05) is 24.4 Å². The van der Waals surface area contributed by atoms with Crippen molar-refractivity contribution in [3.8, 4) is 0 Å². The lowest BCUT2D eigenvalue weighted by Gasteiger charge is -2.03. The molecule has 0 unspecified atom stereocenters. The topological polar surface area (TPSA) is 71.8 Å². The molecule has 0 saturated heterocycles. The van der Waals surface area contributed by atoms with E-state index in [1.54, 1.807) is 0 Å². The van der Waals surface area contributed by atoms with Crippen LogP contribution in [-0.4, -0.2) is 9.97 Å². The largest absolute Gasteiger partial charge is 0.398 e. The molecule has 76 valence electrons. The molecule has 0 aliphatic heterocycles. The molecule has 4 nitrogen and oxygen atoms in total. The van der Waals surface area contributed by atoms with E-state index in [9.17, 15) is 4.79 Å². The fraction of sp³-hybridized carbons (Fsp3) is 0.0909. The van der Waals surface area contributed by atoms with Crippen LogP contribution in [0.2, 0.25) is 0 Å². The Balaban J connectivity index is 2.30. The number of anilines is 1. The number of nitrogen functional groups attached to an aromatic ring is 1. The Labute approximate surface area is 86.8 Å². The molecule has 0 fully saturated rings. The highest BCUT2D eigenvalue weighted by Gasteiger charge is 2.01. The summed E-state index contributed by atoms with van der Waals surface area (Å²) in [5, 5.41) is 0. The molecule has 0 bridgehead atoms. The van der Waals surface area contributed by atoms with Crippen molar-refractivity contribution in [1.82, 2.24) is 9.97 Å². The number of aromatic amines is 1. The zero-order chi connectivity index (χ0) is 10.7. The summed E-state index contributed by atoms with van der Waals surface area (Å²) in [7, 11) is 0. The third-order valence-electron chi connectivity index (χ3n) is 2.14. The maximum absolute atomic E-state index is 11.0. The Morgan fingerprint density at radius 2 is 2.07 bits per heavy atom. The van der Waals surface area contributed by atoms with E-state index in [0.717, 1.165) is 5.56 Å². The molecule has 2 aromatic rings. The van der Waals surface area contributed by atoms with E-state index in [1.807, 2.05) is 24.3 Å². The number of aromatic nitrogens is 2. The molecule has 0 saturated carbocycles. The van der Waals surface area contributed by atoms with E-state index < -0.39 is 0 Å². The third kappa shape index (κ3) is 2.22. The minimum atomic E-state index is -0.144. The van der Waals surface area contributed by atoms with Crippen LogP contribution in [0.15, 0.2) is 41.3 Å². The van der Waals surface area contributed by atoms with Crippen molar-refractivity contribution < 1.29 is 0 Å². The Kier molecular flexibility index (Phi) is 2.49. The first-order valence-corrected chi connectivity index (χ1v) is 4.63. The maximum Gasteiger partial charge on any atom is 0.250 e. The first-order chi connectivity index (χ1) is 7.25. The van der Waals surface area contributed by atoms with Crippen molar-refractivity contribution in [2.75, 3.05) is 5.73 Å². The minimum Gasteiger partial charge on any atom is -0.398 e. The molecule has 2 rings (SSSR count). The summed E-state index contributed by atoms with van der Waals surface area (Å²) in [5.74, 6) is 0.625. The molecule has 15 heavy (non-hydrogen) atoms. The first-order valence-electron chi connectivity index (χ1n) is 4.63. The number of nitrogens with zero attached hydrogens (tertiary/aromatic N) is 1. The summed E-state index contributed by atoms with van der Waals surface area (Å²) in [5.41, 5.74) is 7.32. The second kappa shape index (κ2) is 3.96. The van der Waals surface area contributed by atoms with Gasteiger partial charge in [-0.25, -0.2) is 4.98 Å². The van der Waals surface area contributed by atoms with Gasteiger partial charge in [0.2, 0.25) is 0 Å². The summed E-state index contributed by atoms with van der Waals surface area (Å²) in [6.07, 6.45) is 2.04. The number of hydrogen-bond donors (Lipinski definition) is 2. The number of H-pyrrole nitrogens is 1. The van der Waals surface area contributed by atoms with Gasteiger partial charge in [-0.2, -0.15) is 0 Å². The predicted octanol–water partition coefficient (Wildman–Crippen LogP) is 0.943. The molecule has 3 N–H and O–H groups in total. The van der Waals surface area contributed by atoms with Crippen LogP contribution in [0.3, 0.4) is 0 Å². The smallest absolute Gasteiger partial charge is 0.250 e. The average molecular weight is 201 g/mol. The molecule has 0 spiro atoms. The van der Waals surface area contributed by atoms with Gasteiger partial charge in [-0.15, -0.1) is 0 Å². The van der Waals surface area contributed by atoms with Gasteiger partial charge in [0.25, 0.3) is 5.56 Å². The van der Waals surface area contributed by atoms with E-state index >= 15 is 0 Å². The second-order valence-corrected chi connectivity index (χ2v) is 3.26. The third-order valence-corrected chi connectivity index (χ3v) is 2.14. The van der Waals surface area contributed by atoms with Gasteiger partial charge in [-0.05, 0) is 11.6 Å². The van der Waals surface area contributed by atoms with Crippen molar-refractivity contribution in [3.05, 3.63) is 58.3 Å². The number of hydrogen-bond acceptors (Lipinski definition) is 3. The highest BCUT2D eigenvalue weighted by atomic mass is 16.1. The second-order valence-electron chi connectivity index (χ2n) is 3.26. The molecule has 0 aliphatic rings. The van der Waals surface area contributed by atoms with Gasteiger partial charge in [-0.3, -0.25) is 4.79 Å². The lowest BCUT2D eigenvalue weighted by atomic mass is 10.1. The Morgan fingerprint density at radius 3 is 2.80 bits per heavy atom. The summed E-state index contributed by atoms with van der Waals surface area (Å²) in [4.78, 5) is 17.8. The van der Waals surface area contributed by atoms with Crippen LogP contribution in [0.4, 0.5) is 5.69 Å². The summed E-state index contributed by atoms with van der Waals surface area (Å²) >= 11 is 0. The molecule has 1 aromatic carbocycles. The van der Waals surface area contributed by atoms with Crippen LogP contribution in [0.1, 0.15) is 11.4 Å². The Bertz CT molecular complexity index is 519. The number of benzene rings is 1. The van der Waals surface area contributed by atoms with Crippen molar-refractivity contribution in [2.24, 2.45) is 0 Å². The SMILES string of the molecule is Nc1ccccc1Cc1nccc(=O)[nH]1. The highest BCUT2D eigenvalue weighted by molar-refractivity contribution is 5.47. The van der Waals surface area contributed by atoms with Gasteiger partial charge < -0.3 is 10.7 Å².